The molecule has 5 heteroatoms. The molecule has 24 heavy (non-hydrogen) atoms. The van der Waals surface area contributed by atoms with E-state index in [0.717, 1.165) is 11.1 Å². The van der Waals surface area contributed by atoms with Crippen molar-refractivity contribution < 1.29 is 14.6 Å². The molecule has 1 fully saturated rings. The van der Waals surface area contributed by atoms with Crippen LogP contribution in [0.25, 0.3) is 0 Å². The predicted octanol–water partition coefficient (Wildman–Crippen LogP) is 3.14. The van der Waals surface area contributed by atoms with E-state index in [-0.39, 0.29) is 12.6 Å². The van der Waals surface area contributed by atoms with Crippen molar-refractivity contribution in [1.29, 1.82) is 0 Å². The van der Waals surface area contributed by atoms with Crippen molar-refractivity contribution in [3.05, 3.63) is 66.0 Å². The Labute approximate surface area is 141 Å². The van der Waals surface area contributed by atoms with Gasteiger partial charge in [-0.2, -0.15) is 0 Å². The second-order valence-electron chi connectivity index (χ2n) is 6.25. The van der Waals surface area contributed by atoms with Gasteiger partial charge in [-0.15, -0.1) is 0 Å². The number of carbonyl (C=O) groups excluding carboxylic acids is 1. The number of hydrogen-bond acceptors (Lipinski definition) is 4. The molecular weight excluding hydrogens is 304 g/mol. The number of aromatic nitrogens is 1. The molecule has 2 aromatic rings. The van der Waals surface area contributed by atoms with Crippen LogP contribution >= 0.6 is 0 Å². The molecule has 0 radical (unpaired) electrons. The third kappa shape index (κ3) is 4.11. The van der Waals surface area contributed by atoms with Gasteiger partial charge in [0.1, 0.15) is 6.61 Å². The number of alkyl carbamates (subject to hydrolysis) is 1. The fraction of sp³-hybridized carbons (Fsp3) is 0.368. The minimum atomic E-state index is -0.847. The molecule has 0 saturated heterocycles. The zero-order valence-corrected chi connectivity index (χ0v) is 13.5. The summed E-state index contributed by atoms with van der Waals surface area (Å²) in [6.45, 7) is 0.263. The van der Waals surface area contributed by atoms with Crippen LogP contribution < -0.4 is 5.32 Å². The van der Waals surface area contributed by atoms with Gasteiger partial charge >= 0.3 is 6.09 Å². The van der Waals surface area contributed by atoms with Gasteiger partial charge in [0.15, 0.2) is 0 Å². The summed E-state index contributed by atoms with van der Waals surface area (Å²) in [6.07, 6.45) is 5.63. The number of carbonyl (C=O) groups is 1. The van der Waals surface area contributed by atoms with Gasteiger partial charge in [-0.05, 0) is 37.3 Å². The highest BCUT2D eigenvalue weighted by molar-refractivity contribution is 5.67. The highest BCUT2D eigenvalue weighted by Gasteiger charge is 2.35. The number of nitrogens with one attached hydrogen (secondary N) is 1. The van der Waals surface area contributed by atoms with Crippen molar-refractivity contribution in [1.82, 2.24) is 10.3 Å². The van der Waals surface area contributed by atoms with Crippen molar-refractivity contribution in [3.8, 4) is 0 Å². The van der Waals surface area contributed by atoms with E-state index in [0.29, 0.717) is 25.7 Å². The standard InChI is InChI=1S/C19H22N2O3/c22-18(24-14-15-5-2-1-3-6-15)21-17-8-10-19(23,11-9-17)16-7-4-12-20-13-16/h1-7,12-13,17,23H,8-11,14H2,(H,21,22). The van der Waals surface area contributed by atoms with Crippen molar-refractivity contribution in [2.75, 3.05) is 0 Å². The maximum Gasteiger partial charge on any atom is 0.407 e. The second kappa shape index (κ2) is 7.45. The summed E-state index contributed by atoms with van der Waals surface area (Å²) in [7, 11) is 0. The SMILES string of the molecule is O=C(NC1CCC(O)(c2cccnc2)CC1)OCc1ccccc1. The molecule has 1 aromatic heterocycles. The summed E-state index contributed by atoms with van der Waals surface area (Å²) in [5.74, 6) is 0. The van der Waals surface area contributed by atoms with Crippen LogP contribution in [0.3, 0.4) is 0 Å². The second-order valence-corrected chi connectivity index (χ2v) is 6.25. The molecule has 0 unspecified atom stereocenters. The summed E-state index contributed by atoms with van der Waals surface area (Å²) in [4.78, 5) is 16.0. The van der Waals surface area contributed by atoms with E-state index in [2.05, 4.69) is 10.3 Å². The van der Waals surface area contributed by atoms with Crippen molar-refractivity contribution in [2.24, 2.45) is 0 Å². The van der Waals surface area contributed by atoms with Crippen LogP contribution in [-0.2, 0) is 16.9 Å². The molecule has 3 rings (SSSR count). The van der Waals surface area contributed by atoms with E-state index in [1.165, 1.54) is 0 Å². The van der Waals surface area contributed by atoms with Gasteiger partial charge in [-0.3, -0.25) is 4.98 Å². The van der Waals surface area contributed by atoms with Gasteiger partial charge in [0.05, 0.1) is 5.60 Å². The van der Waals surface area contributed by atoms with E-state index in [9.17, 15) is 9.90 Å². The summed E-state index contributed by atoms with van der Waals surface area (Å²) >= 11 is 0. The summed E-state index contributed by atoms with van der Waals surface area (Å²) in [5, 5.41) is 13.7. The number of nitrogens with zero attached hydrogens (tertiary/aromatic N) is 1. The number of aliphatic hydroxyl groups is 1. The normalized spacial score (nSPS) is 23.5. The third-order valence-electron chi connectivity index (χ3n) is 4.55. The molecule has 2 N–H and O–H groups in total. The largest absolute Gasteiger partial charge is 0.445 e. The molecule has 1 amide bonds. The smallest absolute Gasteiger partial charge is 0.407 e. The van der Waals surface area contributed by atoms with Crippen LogP contribution in [0.1, 0.15) is 36.8 Å². The Morgan fingerprint density at radius 1 is 1.21 bits per heavy atom. The van der Waals surface area contributed by atoms with Gasteiger partial charge in [-0.25, -0.2) is 4.79 Å². The Morgan fingerprint density at radius 2 is 1.96 bits per heavy atom. The lowest BCUT2D eigenvalue weighted by Gasteiger charge is -2.36. The molecule has 1 aliphatic carbocycles. The monoisotopic (exact) mass is 326 g/mol. The Bertz CT molecular complexity index is 653. The summed E-state index contributed by atoms with van der Waals surface area (Å²) < 4.78 is 5.24. The first-order valence-electron chi connectivity index (χ1n) is 8.26. The van der Waals surface area contributed by atoms with E-state index < -0.39 is 11.7 Å². The average molecular weight is 326 g/mol. The molecule has 0 bridgehead atoms. The molecular formula is C19H22N2O3. The van der Waals surface area contributed by atoms with E-state index in [1.807, 2.05) is 42.5 Å². The fourth-order valence-electron chi connectivity index (χ4n) is 3.10. The summed E-state index contributed by atoms with van der Waals surface area (Å²) in [5.41, 5.74) is 0.956. The van der Waals surface area contributed by atoms with Gasteiger partial charge in [0.2, 0.25) is 0 Å². The highest BCUT2D eigenvalue weighted by Crippen LogP contribution is 2.36. The molecule has 5 nitrogen and oxygen atoms in total. The first-order valence-corrected chi connectivity index (χ1v) is 8.26. The molecule has 1 saturated carbocycles. The molecule has 126 valence electrons. The highest BCUT2D eigenvalue weighted by atomic mass is 16.5. The van der Waals surface area contributed by atoms with Crippen molar-refractivity contribution >= 4 is 6.09 Å². The average Bonchev–Trinajstić information content (AvgIpc) is 2.64. The van der Waals surface area contributed by atoms with Crippen LogP contribution in [0.15, 0.2) is 54.9 Å². The number of benzene rings is 1. The number of rotatable bonds is 4. The number of hydrogen-bond donors (Lipinski definition) is 2. The Kier molecular flexibility index (Phi) is 5.11. The first kappa shape index (κ1) is 16.5. The number of ether oxygens (including phenoxy) is 1. The Morgan fingerprint density at radius 3 is 2.62 bits per heavy atom. The predicted molar refractivity (Wildman–Crippen MR) is 90.2 cm³/mol. The van der Waals surface area contributed by atoms with Crippen molar-refractivity contribution in [2.45, 2.75) is 43.9 Å². The van der Waals surface area contributed by atoms with E-state index >= 15 is 0 Å². The molecule has 1 aliphatic rings. The lowest BCUT2D eigenvalue weighted by atomic mass is 9.78. The zero-order valence-electron chi connectivity index (χ0n) is 13.5. The van der Waals surface area contributed by atoms with Gasteiger partial charge in [-0.1, -0.05) is 36.4 Å². The van der Waals surface area contributed by atoms with Crippen LogP contribution in [-0.4, -0.2) is 22.2 Å². The van der Waals surface area contributed by atoms with Crippen LogP contribution in [0, 0.1) is 0 Å². The maximum absolute atomic E-state index is 11.9. The molecule has 1 heterocycles. The molecule has 1 aromatic carbocycles. The minimum absolute atomic E-state index is 0.0326. The van der Waals surface area contributed by atoms with Gasteiger partial charge in [0, 0.05) is 24.0 Å². The van der Waals surface area contributed by atoms with Crippen LogP contribution in [0.4, 0.5) is 4.79 Å². The maximum atomic E-state index is 11.9. The lowest BCUT2D eigenvalue weighted by molar-refractivity contribution is -0.00884. The quantitative estimate of drug-likeness (QED) is 0.905. The van der Waals surface area contributed by atoms with Crippen molar-refractivity contribution in [3.63, 3.8) is 0 Å². The topological polar surface area (TPSA) is 71.5 Å². The molecule has 0 spiro atoms. The summed E-state index contributed by atoms with van der Waals surface area (Å²) in [6, 6.07) is 13.4. The zero-order chi connectivity index (χ0) is 16.8. The number of amides is 1. The molecule has 0 atom stereocenters. The van der Waals surface area contributed by atoms with E-state index in [1.54, 1.807) is 12.4 Å². The lowest BCUT2D eigenvalue weighted by Crippen LogP contribution is -2.42. The van der Waals surface area contributed by atoms with Gasteiger partial charge in [0.25, 0.3) is 0 Å². The third-order valence-corrected chi connectivity index (χ3v) is 4.55. The Balaban J connectivity index is 1.46. The van der Waals surface area contributed by atoms with Crippen LogP contribution in [0.5, 0.6) is 0 Å². The minimum Gasteiger partial charge on any atom is -0.445 e. The Hall–Kier alpha value is -2.40. The van der Waals surface area contributed by atoms with Gasteiger partial charge < -0.3 is 15.2 Å². The van der Waals surface area contributed by atoms with E-state index in [4.69, 9.17) is 4.74 Å². The van der Waals surface area contributed by atoms with Crippen LogP contribution in [0.2, 0.25) is 0 Å². The number of pyridine rings is 1. The molecule has 0 aliphatic heterocycles. The first-order chi connectivity index (χ1) is 11.7. The fourth-order valence-corrected chi connectivity index (χ4v) is 3.10.